The fraction of sp³-hybridized carbons (Fsp3) is 0.588. The maximum Gasteiger partial charge on any atom is 0.306 e. The van der Waals surface area contributed by atoms with Gasteiger partial charge in [0.1, 0.15) is 5.60 Å². The van der Waals surface area contributed by atoms with E-state index in [1.807, 2.05) is 59.7 Å². The lowest BCUT2D eigenvalue weighted by atomic mass is 10.2. The maximum atomic E-state index is 13.3. The van der Waals surface area contributed by atoms with Crippen molar-refractivity contribution in [3.8, 4) is 0 Å². The molecular formula is C17H27O4P. The first-order valence-electron chi connectivity index (χ1n) is 7.49. The third-order valence-electron chi connectivity index (χ3n) is 2.60. The Morgan fingerprint density at radius 3 is 2.00 bits per heavy atom. The number of hydrogen-bond acceptors (Lipinski definition) is 4. The van der Waals surface area contributed by atoms with E-state index in [-0.39, 0.29) is 18.6 Å². The minimum atomic E-state index is -3.11. The van der Waals surface area contributed by atoms with Gasteiger partial charge in [-0.15, -0.1) is 0 Å². The lowest BCUT2D eigenvalue weighted by Gasteiger charge is -2.28. The third kappa shape index (κ3) is 6.76. The summed E-state index contributed by atoms with van der Waals surface area (Å²) in [4.78, 5) is 11.9. The van der Waals surface area contributed by atoms with Crippen molar-refractivity contribution in [2.45, 2.75) is 59.2 Å². The van der Waals surface area contributed by atoms with Gasteiger partial charge in [0.2, 0.25) is 7.37 Å². The molecule has 0 bridgehead atoms. The van der Waals surface area contributed by atoms with Crippen LogP contribution in [-0.2, 0) is 18.6 Å². The minimum absolute atomic E-state index is 0.0690. The molecule has 0 fully saturated rings. The highest BCUT2D eigenvalue weighted by Crippen LogP contribution is 2.49. The maximum absolute atomic E-state index is 13.3. The van der Waals surface area contributed by atoms with Crippen molar-refractivity contribution in [3.63, 3.8) is 0 Å². The van der Waals surface area contributed by atoms with Crippen molar-refractivity contribution in [2.75, 3.05) is 6.16 Å². The minimum Gasteiger partial charge on any atom is -0.460 e. The summed E-state index contributed by atoms with van der Waals surface area (Å²) in [6.45, 7) is 11.0. The summed E-state index contributed by atoms with van der Waals surface area (Å²) in [5, 5.41) is 0.633. The average molecular weight is 326 g/mol. The van der Waals surface area contributed by atoms with Gasteiger partial charge >= 0.3 is 5.97 Å². The number of ether oxygens (including phenoxy) is 1. The van der Waals surface area contributed by atoms with Crippen molar-refractivity contribution in [1.29, 1.82) is 0 Å². The first-order valence-corrected chi connectivity index (χ1v) is 9.30. The molecule has 5 heteroatoms. The number of rotatable bonds is 5. The third-order valence-corrected chi connectivity index (χ3v) is 5.34. The highest BCUT2D eigenvalue weighted by molar-refractivity contribution is 7.67. The van der Waals surface area contributed by atoms with Gasteiger partial charge in [-0.25, -0.2) is 0 Å². The highest BCUT2D eigenvalue weighted by Gasteiger charge is 2.32. The van der Waals surface area contributed by atoms with Crippen LogP contribution in [0.2, 0.25) is 0 Å². The van der Waals surface area contributed by atoms with Crippen LogP contribution in [0.1, 0.15) is 48.0 Å². The van der Waals surface area contributed by atoms with Crippen LogP contribution in [0.15, 0.2) is 30.3 Å². The summed E-state index contributed by atoms with van der Waals surface area (Å²) in [6, 6.07) is 9.06. The van der Waals surface area contributed by atoms with Crippen molar-refractivity contribution >= 4 is 18.6 Å². The van der Waals surface area contributed by atoms with Crippen LogP contribution in [0.3, 0.4) is 0 Å². The van der Waals surface area contributed by atoms with Gasteiger partial charge < -0.3 is 9.26 Å². The van der Waals surface area contributed by atoms with Crippen molar-refractivity contribution in [1.82, 2.24) is 0 Å². The van der Waals surface area contributed by atoms with E-state index >= 15 is 0 Å². The van der Waals surface area contributed by atoms with Gasteiger partial charge in [0, 0.05) is 11.5 Å². The predicted octanol–water partition coefficient (Wildman–Crippen LogP) is 4.14. The van der Waals surface area contributed by atoms with E-state index in [1.165, 1.54) is 0 Å². The predicted molar refractivity (Wildman–Crippen MR) is 89.8 cm³/mol. The molecule has 0 saturated heterocycles. The second-order valence-corrected chi connectivity index (χ2v) is 9.77. The summed E-state index contributed by atoms with van der Waals surface area (Å²) < 4.78 is 24.4. The Balaban J connectivity index is 2.89. The normalized spacial score (nSPS) is 15.2. The molecule has 4 nitrogen and oxygen atoms in total. The molecule has 0 N–H and O–H groups in total. The Morgan fingerprint density at radius 1 is 1.00 bits per heavy atom. The molecule has 0 aliphatic rings. The quantitative estimate of drug-likeness (QED) is 0.603. The molecule has 0 heterocycles. The van der Waals surface area contributed by atoms with Gasteiger partial charge in [-0.1, -0.05) is 18.2 Å². The van der Waals surface area contributed by atoms with Crippen LogP contribution in [0.25, 0.3) is 0 Å². The fourth-order valence-corrected chi connectivity index (χ4v) is 4.40. The van der Waals surface area contributed by atoms with E-state index in [0.717, 1.165) is 0 Å². The molecule has 0 aliphatic heterocycles. The highest BCUT2D eigenvalue weighted by atomic mass is 31.2. The Labute approximate surface area is 133 Å². The number of hydrogen-bond donors (Lipinski definition) is 0. The van der Waals surface area contributed by atoms with Gasteiger partial charge in [-0.2, -0.15) is 0 Å². The number of carbonyl (C=O) groups excluding carboxylic acids is 1. The Kier molecular flexibility index (Phi) is 6.00. The first kappa shape index (κ1) is 18.9. The van der Waals surface area contributed by atoms with Gasteiger partial charge in [-0.05, 0) is 53.7 Å². The van der Waals surface area contributed by atoms with Crippen LogP contribution in [0.4, 0.5) is 0 Å². The summed E-state index contributed by atoms with van der Waals surface area (Å²) >= 11 is 0. The summed E-state index contributed by atoms with van der Waals surface area (Å²) in [7, 11) is -3.11. The number of benzene rings is 1. The van der Waals surface area contributed by atoms with E-state index < -0.39 is 18.6 Å². The molecule has 0 spiro atoms. The van der Waals surface area contributed by atoms with Crippen LogP contribution >= 0.6 is 7.37 Å². The van der Waals surface area contributed by atoms with Gasteiger partial charge in [0.15, 0.2) is 0 Å². The second-order valence-electron chi connectivity index (χ2n) is 7.27. The molecule has 0 saturated carbocycles. The lowest BCUT2D eigenvalue weighted by molar-refractivity contribution is -0.154. The molecule has 22 heavy (non-hydrogen) atoms. The molecule has 1 atom stereocenters. The van der Waals surface area contributed by atoms with Crippen molar-refractivity contribution < 1.29 is 18.6 Å². The zero-order valence-corrected chi connectivity index (χ0v) is 15.3. The van der Waals surface area contributed by atoms with Crippen LogP contribution in [0, 0.1) is 0 Å². The lowest BCUT2D eigenvalue weighted by Crippen LogP contribution is -2.26. The van der Waals surface area contributed by atoms with Crippen molar-refractivity contribution in [3.05, 3.63) is 30.3 Å². The second kappa shape index (κ2) is 6.97. The molecule has 1 unspecified atom stereocenters. The molecule has 1 aromatic rings. The van der Waals surface area contributed by atoms with Crippen LogP contribution < -0.4 is 5.30 Å². The molecular weight excluding hydrogens is 299 g/mol. The standard InChI is InChI=1S/C17H27O4P/c1-16(2,3)20-15(18)12-13-22(19,21-17(4,5)6)14-10-8-7-9-11-14/h7-11H,12-13H2,1-6H3. The Bertz CT molecular complexity index is 538. The molecule has 1 rings (SSSR count). The van der Waals surface area contributed by atoms with E-state index in [1.54, 1.807) is 12.1 Å². The number of carbonyl (C=O) groups is 1. The smallest absolute Gasteiger partial charge is 0.306 e. The van der Waals surface area contributed by atoms with Gasteiger partial charge in [0.25, 0.3) is 0 Å². The summed E-state index contributed by atoms with van der Waals surface area (Å²) in [5.41, 5.74) is -1.10. The van der Waals surface area contributed by atoms with E-state index in [2.05, 4.69) is 0 Å². The van der Waals surface area contributed by atoms with E-state index in [9.17, 15) is 9.36 Å². The Hall–Kier alpha value is -1.12. The van der Waals surface area contributed by atoms with E-state index in [4.69, 9.17) is 9.26 Å². The molecule has 0 amide bonds. The fourth-order valence-electron chi connectivity index (χ4n) is 1.96. The zero-order chi connectivity index (χ0) is 17.0. The number of esters is 1. The van der Waals surface area contributed by atoms with Crippen LogP contribution in [0.5, 0.6) is 0 Å². The average Bonchev–Trinajstić information content (AvgIpc) is 2.33. The van der Waals surface area contributed by atoms with Crippen molar-refractivity contribution in [2.24, 2.45) is 0 Å². The molecule has 0 radical (unpaired) electrons. The molecule has 124 valence electrons. The largest absolute Gasteiger partial charge is 0.460 e. The zero-order valence-electron chi connectivity index (χ0n) is 14.4. The monoisotopic (exact) mass is 326 g/mol. The van der Waals surface area contributed by atoms with E-state index in [0.29, 0.717) is 5.30 Å². The summed E-state index contributed by atoms with van der Waals surface area (Å²) in [6.07, 6.45) is 0.211. The first-order chi connectivity index (χ1) is 9.91. The molecule has 1 aromatic carbocycles. The Morgan fingerprint density at radius 2 is 1.55 bits per heavy atom. The molecule has 0 aliphatic carbocycles. The van der Waals surface area contributed by atoms with Crippen LogP contribution in [-0.4, -0.2) is 23.3 Å². The van der Waals surface area contributed by atoms with Gasteiger partial charge in [0.05, 0.1) is 12.0 Å². The SMILES string of the molecule is CC(C)(C)OC(=O)CCP(=O)(OC(C)(C)C)c1ccccc1. The van der Waals surface area contributed by atoms with Gasteiger partial charge in [-0.3, -0.25) is 9.36 Å². The molecule has 0 aromatic heterocycles. The topological polar surface area (TPSA) is 52.6 Å². The summed E-state index contributed by atoms with van der Waals surface area (Å²) in [5.74, 6) is -0.360.